The smallest absolute Gasteiger partial charge is 0.182 e. The van der Waals surface area contributed by atoms with E-state index < -0.39 is 31.1 Å². The topological polar surface area (TPSA) is 87.7 Å². The van der Waals surface area contributed by atoms with Gasteiger partial charge in [-0.15, -0.1) is 0 Å². The molecule has 1 aliphatic rings. The Balaban J connectivity index is 2.35. The Morgan fingerprint density at radius 1 is 1.35 bits per heavy atom. The van der Waals surface area contributed by atoms with Crippen LogP contribution in [0.3, 0.4) is 0 Å². The largest absolute Gasteiger partial charge is 0.394 e. The lowest BCUT2D eigenvalue weighted by atomic mass is 10.1. The van der Waals surface area contributed by atoms with Crippen molar-refractivity contribution >= 4 is 39.1 Å². The Hall–Kier alpha value is 0.110. The first kappa shape index (κ1) is 13.5. The summed E-state index contributed by atoms with van der Waals surface area (Å²) >= 11 is 14.7. The highest BCUT2D eigenvalue weighted by Gasteiger charge is 2.44. The molecule has 0 spiro atoms. The number of aromatic nitrogens is 2. The van der Waals surface area contributed by atoms with Gasteiger partial charge in [0.15, 0.2) is 21.3 Å². The standard InChI is InChI=1S/C8H9BrCl2N2O4/c9-8-12-5(10)6(11)13(8)7-4(16)3(15)2(1-14)17-7/h2-4,7,14-16H,1H2/t2-,3-,4-,7-/m1/s1. The summed E-state index contributed by atoms with van der Waals surface area (Å²) in [5.41, 5.74) is 0. The summed E-state index contributed by atoms with van der Waals surface area (Å²) in [4.78, 5) is 3.84. The molecular formula is C8H9BrCl2N2O4. The van der Waals surface area contributed by atoms with Gasteiger partial charge in [-0.3, -0.25) is 4.57 Å². The molecule has 0 bridgehead atoms. The summed E-state index contributed by atoms with van der Waals surface area (Å²) in [7, 11) is 0. The average molecular weight is 348 g/mol. The van der Waals surface area contributed by atoms with Crippen molar-refractivity contribution in [1.29, 1.82) is 0 Å². The molecule has 17 heavy (non-hydrogen) atoms. The number of hydrogen-bond donors (Lipinski definition) is 3. The highest BCUT2D eigenvalue weighted by atomic mass is 79.9. The molecule has 1 fully saturated rings. The maximum atomic E-state index is 9.81. The molecule has 0 aromatic carbocycles. The van der Waals surface area contributed by atoms with Gasteiger partial charge in [0.25, 0.3) is 0 Å². The van der Waals surface area contributed by atoms with E-state index in [1.807, 2.05) is 0 Å². The maximum Gasteiger partial charge on any atom is 0.182 e. The number of ether oxygens (including phenoxy) is 1. The minimum Gasteiger partial charge on any atom is -0.394 e. The zero-order valence-corrected chi connectivity index (χ0v) is 11.4. The molecule has 4 atom stereocenters. The number of rotatable bonds is 2. The second kappa shape index (κ2) is 5.00. The lowest BCUT2D eigenvalue weighted by Crippen LogP contribution is -2.33. The SMILES string of the molecule is OC[C@H]1O[C@@H](n2c(Br)nc(Cl)c2Cl)[C@H](O)[C@@H]1O. The van der Waals surface area contributed by atoms with Gasteiger partial charge in [-0.25, -0.2) is 4.98 Å². The number of hydrogen-bond acceptors (Lipinski definition) is 5. The molecule has 1 aliphatic heterocycles. The first-order valence-corrected chi connectivity index (χ1v) is 6.23. The van der Waals surface area contributed by atoms with E-state index in [-0.39, 0.29) is 15.0 Å². The molecule has 6 nitrogen and oxygen atoms in total. The number of imidazole rings is 1. The lowest BCUT2D eigenvalue weighted by Gasteiger charge is -2.17. The molecule has 0 aliphatic carbocycles. The average Bonchev–Trinajstić information content (AvgIpc) is 2.69. The summed E-state index contributed by atoms with van der Waals surface area (Å²) in [5.74, 6) is 0. The maximum absolute atomic E-state index is 9.81. The molecular weight excluding hydrogens is 339 g/mol. The predicted octanol–water partition coefficient (Wildman–Crippen LogP) is 0.564. The van der Waals surface area contributed by atoms with Crippen LogP contribution in [0.25, 0.3) is 0 Å². The van der Waals surface area contributed by atoms with Gasteiger partial charge in [-0.05, 0) is 15.9 Å². The lowest BCUT2D eigenvalue weighted by molar-refractivity contribution is -0.0537. The molecule has 0 amide bonds. The Kier molecular flexibility index (Phi) is 3.99. The zero-order valence-electron chi connectivity index (χ0n) is 8.29. The molecule has 0 radical (unpaired) electrons. The van der Waals surface area contributed by atoms with Gasteiger partial charge in [0.05, 0.1) is 6.61 Å². The molecule has 9 heteroatoms. The van der Waals surface area contributed by atoms with Crippen molar-refractivity contribution < 1.29 is 20.1 Å². The molecule has 2 heterocycles. The summed E-state index contributed by atoms with van der Waals surface area (Å²) in [6, 6.07) is 0. The molecule has 1 aromatic heterocycles. The fourth-order valence-corrected chi connectivity index (χ4v) is 2.82. The van der Waals surface area contributed by atoms with E-state index in [0.717, 1.165) is 0 Å². The summed E-state index contributed by atoms with van der Waals surface area (Å²) < 4.78 is 6.86. The van der Waals surface area contributed by atoms with Crippen LogP contribution in [0.15, 0.2) is 4.73 Å². The van der Waals surface area contributed by atoms with Crippen LogP contribution in [-0.4, -0.2) is 49.8 Å². The first-order chi connectivity index (χ1) is 7.97. The third kappa shape index (κ3) is 2.21. The van der Waals surface area contributed by atoms with Gasteiger partial charge >= 0.3 is 0 Å². The van der Waals surface area contributed by atoms with E-state index in [0.29, 0.717) is 0 Å². The monoisotopic (exact) mass is 346 g/mol. The Bertz CT molecular complexity index is 430. The molecule has 0 saturated carbocycles. The van der Waals surface area contributed by atoms with Crippen molar-refractivity contribution in [2.45, 2.75) is 24.5 Å². The van der Waals surface area contributed by atoms with Crippen LogP contribution in [-0.2, 0) is 4.74 Å². The van der Waals surface area contributed by atoms with Crippen LogP contribution in [0.1, 0.15) is 6.23 Å². The van der Waals surface area contributed by atoms with Crippen molar-refractivity contribution in [2.75, 3.05) is 6.61 Å². The van der Waals surface area contributed by atoms with Crippen molar-refractivity contribution in [3.05, 3.63) is 15.0 Å². The van der Waals surface area contributed by atoms with Crippen LogP contribution in [0.2, 0.25) is 10.3 Å². The van der Waals surface area contributed by atoms with Gasteiger partial charge in [-0.2, -0.15) is 0 Å². The van der Waals surface area contributed by atoms with Gasteiger partial charge in [0.1, 0.15) is 18.3 Å². The van der Waals surface area contributed by atoms with Crippen molar-refractivity contribution in [2.24, 2.45) is 0 Å². The zero-order chi connectivity index (χ0) is 12.7. The second-order valence-electron chi connectivity index (χ2n) is 3.56. The van der Waals surface area contributed by atoms with E-state index in [1.165, 1.54) is 4.57 Å². The first-order valence-electron chi connectivity index (χ1n) is 4.68. The fraction of sp³-hybridized carbons (Fsp3) is 0.625. The van der Waals surface area contributed by atoms with E-state index in [2.05, 4.69) is 20.9 Å². The van der Waals surface area contributed by atoms with Gasteiger partial charge in [0, 0.05) is 0 Å². The third-order valence-electron chi connectivity index (χ3n) is 2.54. The van der Waals surface area contributed by atoms with Gasteiger partial charge < -0.3 is 20.1 Å². The van der Waals surface area contributed by atoms with E-state index in [4.69, 9.17) is 33.0 Å². The predicted molar refractivity (Wildman–Crippen MR) is 63.0 cm³/mol. The molecule has 2 rings (SSSR count). The van der Waals surface area contributed by atoms with Crippen molar-refractivity contribution in [1.82, 2.24) is 9.55 Å². The fourth-order valence-electron chi connectivity index (χ4n) is 1.67. The number of aliphatic hydroxyl groups is 3. The third-order valence-corrected chi connectivity index (χ3v) is 3.82. The molecule has 96 valence electrons. The number of nitrogens with zero attached hydrogens (tertiary/aromatic N) is 2. The van der Waals surface area contributed by atoms with Crippen molar-refractivity contribution in [3.63, 3.8) is 0 Å². The molecule has 3 N–H and O–H groups in total. The highest BCUT2D eigenvalue weighted by Crippen LogP contribution is 2.36. The highest BCUT2D eigenvalue weighted by molar-refractivity contribution is 9.10. The van der Waals surface area contributed by atoms with Crippen LogP contribution in [0, 0.1) is 0 Å². The summed E-state index contributed by atoms with van der Waals surface area (Å²) in [5, 5.41) is 28.5. The van der Waals surface area contributed by atoms with Crippen LogP contribution < -0.4 is 0 Å². The number of halogens is 3. The summed E-state index contributed by atoms with van der Waals surface area (Å²) in [6.45, 7) is -0.410. The van der Waals surface area contributed by atoms with E-state index >= 15 is 0 Å². The summed E-state index contributed by atoms with van der Waals surface area (Å²) in [6.07, 6.45) is -4.26. The van der Waals surface area contributed by atoms with Gasteiger partial charge in [0.2, 0.25) is 0 Å². The minimum absolute atomic E-state index is 0.0521. The Morgan fingerprint density at radius 3 is 2.41 bits per heavy atom. The molecule has 0 unspecified atom stereocenters. The quantitative estimate of drug-likeness (QED) is 0.727. The van der Waals surface area contributed by atoms with Gasteiger partial charge in [-0.1, -0.05) is 23.2 Å². The van der Waals surface area contributed by atoms with Crippen molar-refractivity contribution in [3.8, 4) is 0 Å². The normalized spacial score (nSPS) is 33.3. The van der Waals surface area contributed by atoms with Crippen LogP contribution in [0.4, 0.5) is 0 Å². The number of aliphatic hydroxyl groups excluding tert-OH is 3. The Morgan fingerprint density at radius 2 is 2.00 bits per heavy atom. The van der Waals surface area contributed by atoms with Crippen LogP contribution in [0.5, 0.6) is 0 Å². The molecule has 1 aromatic rings. The van der Waals surface area contributed by atoms with E-state index in [1.54, 1.807) is 0 Å². The Labute approximate surface area is 115 Å². The molecule has 1 saturated heterocycles. The minimum atomic E-state index is -1.23. The van der Waals surface area contributed by atoms with Crippen LogP contribution >= 0.6 is 39.1 Å². The van der Waals surface area contributed by atoms with E-state index in [9.17, 15) is 10.2 Å². The second-order valence-corrected chi connectivity index (χ2v) is 4.99.